The fourth-order valence-electron chi connectivity index (χ4n) is 8.00. The van der Waals surface area contributed by atoms with E-state index in [9.17, 15) is 0 Å². The highest BCUT2D eigenvalue weighted by Crippen LogP contribution is 2.38. The van der Waals surface area contributed by atoms with Crippen molar-refractivity contribution >= 4 is 21.8 Å². The molecule has 0 amide bonds. The molecule has 0 N–H and O–H groups in total. The van der Waals surface area contributed by atoms with Gasteiger partial charge in [-0.3, -0.25) is 0 Å². The molecule has 0 saturated carbocycles. The fourth-order valence-corrected chi connectivity index (χ4v) is 8.00. The van der Waals surface area contributed by atoms with Gasteiger partial charge in [0.05, 0.1) is 11.0 Å². The lowest BCUT2D eigenvalue weighted by atomic mass is 9.90. The summed E-state index contributed by atoms with van der Waals surface area (Å²) in [5, 5.41) is 2.41. The lowest BCUT2D eigenvalue weighted by molar-refractivity contribution is 1.07. The first-order valence-electron chi connectivity index (χ1n) is 19.4. The molecular weight excluding hydrogens is 693 g/mol. The van der Waals surface area contributed by atoms with E-state index in [1.165, 1.54) is 49.7 Å². The van der Waals surface area contributed by atoms with E-state index in [1.54, 1.807) is 0 Å². The third-order valence-electron chi connectivity index (χ3n) is 10.9. The molecule has 0 aliphatic heterocycles. The SMILES string of the molecule is Cc1ccc(-c2ccc3c(c2)c2ccccc2n3-c2cccc(-c3nc(-c4ccccc4)nc(-c4ccccc4)n3)c2)cc1-c1ccccc1Cc1ccccc1. The average molecular weight is 731 g/mol. The molecule has 2 aromatic heterocycles. The van der Waals surface area contributed by atoms with Gasteiger partial charge in [0.2, 0.25) is 0 Å². The molecule has 0 aliphatic rings. The van der Waals surface area contributed by atoms with Crippen molar-refractivity contribution in [3.05, 3.63) is 217 Å². The number of hydrogen-bond donors (Lipinski definition) is 0. The van der Waals surface area contributed by atoms with Crippen molar-refractivity contribution in [3.63, 3.8) is 0 Å². The van der Waals surface area contributed by atoms with E-state index < -0.39 is 0 Å². The minimum atomic E-state index is 0.633. The van der Waals surface area contributed by atoms with Crippen molar-refractivity contribution < 1.29 is 0 Å². The Balaban J connectivity index is 1.07. The Morgan fingerprint density at radius 3 is 1.68 bits per heavy atom. The zero-order valence-electron chi connectivity index (χ0n) is 31.5. The number of fused-ring (bicyclic) bond motifs is 3. The second-order valence-corrected chi connectivity index (χ2v) is 14.5. The predicted molar refractivity (Wildman–Crippen MR) is 235 cm³/mol. The largest absolute Gasteiger partial charge is 0.309 e. The standard InChI is InChI=1S/C53H38N4/c1-36-28-29-40(34-47(36)45-25-12-11-22-42(45)32-37-16-5-2-6-17-37)41-30-31-50-48(35-41)46-26-13-14-27-49(46)57(50)44-24-15-23-43(33-44)53-55-51(38-18-7-3-8-19-38)54-52(56-53)39-20-9-4-10-21-39/h2-31,33-35H,32H2,1H3. The molecule has 8 aromatic carbocycles. The van der Waals surface area contributed by atoms with Gasteiger partial charge in [-0.25, -0.2) is 15.0 Å². The van der Waals surface area contributed by atoms with E-state index in [-0.39, 0.29) is 0 Å². The minimum absolute atomic E-state index is 0.633. The summed E-state index contributed by atoms with van der Waals surface area (Å²) in [6.07, 6.45) is 0.892. The van der Waals surface area contributed by atoms with Gasteiger partial charge in [0.15, 0.2) is 17.5 Å². The molecule has 0 saturated heterocycles. The Labute approximate surface area is 332 Å². The quantitative estimate of drug-likeness (QED) is 0.156. The van der Waals surface area contributed by atoms with E-state index in [0.29, 0.717) is 17.5 Å². The highest BCUT2D eigenvalue weighted by molar-refractivity contribution is 6.10. The summed E-state index contributed by atoms with van der Waals surface area (Å²) in [6.45, 7) is 2.21. The first kappa shape index (κ1) is 34.1. The predicted octanol–water partition coefficient (Wildman–Crippen LogP) is 13.2. The van der Waals surface area contributed by atoms with Crippen molar-refractivity contribution in [2.45, 2.75) is 13.3 Å². The highest BCUT2D eigenvalue weighted by Gasteiger charge is 2.17. The van der Waals surface area contributed by atoms with Crippen LogP contribution in [0, 0.1) is 6.92 Å². The summed E-state index contributed by atoms with van der Waals surface area (Å²) in [6, 6.07) is 70.8. The van der Waals surface area contributed by atoms with E-state index in [0.717, 1.165) is 39.8 Å². The Hall–Kier alpha value is -7.43. The van der Waals surface area contributed by atoms with E-state index in [4.69, 9.17) is 15.0 Å². The van der Waals surface area contributed by atoms with E-state index in [2.05, 4.69) is 151 Å². The molecular formula is C53H38N4. The first-order chi connectivity index (χ1) is 28.2. The second-order valence-electron chi connectivity index (χ2n) is 14.5. The van der Waals surface area contributed by atoms with Gasteiger partial charge in [0.1, 0.15) is 0 Å². The minimum Gasteiger partial charge on any atom is -0.309 e. The Bertz CT molecular complexity index is 2980. The molecule has 0 atom stereocenters. The number of nitrogens with zero attached hydrogens (tertiary/aromatic N) is 4. The van der Waals surface area contributed by atoms with Crippen molar-refractivity contribution in [2.24, 2.45) is 0 Å². The molecule has 0 fully saturated rings. The second kappa shape index (κ2) is 14.7. The average Bonchev–Trinajstić information content (AvgIpc) is 3.61. The van der Waals surface area contributed by atoms with Crippen LogP contribution in [0.25, 0.3) is 83.9 Å². The van der Waals surface area contributed by atoms with Crippen LogP contribution in [0.3, 0.4) is 0 Å². The zero-order valence-corrected chi connectivity index (χ0v) is 31.5. The number of rotatable bonds is 8. The normalized spacial score (nSPS) is 11.3. The van der Waals surface area contributed by atoms with Gasteiger partial charge >= 0.3 is 0 Å². The molecule has 0 bridgehead atoms. The lowest BCUT2D eigenvalue weighted by Crippen LogP contribution is -2.01. The number of aryl methyl sites for hydroxylation is 1. The molecule has 0 aliphatic carbocycles. The molecule has 0 unspecified atom stereocenters. The number of aromatic nitrogens is 4. The van der Waals surface area contributed by atoms with Crippen LogP contribution in [0.15, 0.2) is 200 Å². The monoisotopic (exact) mass is 730 g/mol. The van der Waals surface area contributed by atoms with Gasteiger partial charge in [-0.05, 0) is 88.7 Å². The molecule has 57 heavy (non-hydrogen) atoms. The summed E-state index contributed by atoms with van der Waals surface area (Å²) in [4.78, 5) is 15.0. The molecule has 0 spiro atoms. The summed E-state index contributed by atoms with van der Waals surface area (Å²) in [5.41, 5.74) is 15.0. The zero-order chi connectivity index (χ0) is 38.1. The Morgan fingerprint density at radius 2 is 0.947 bits per heavy atom. The topological polar surface area (TPSA) is 43.6 Å². The van der Waals surface area contributed by atoms with Crippen LogP contribution < -0.4 is 0 Å². The van der Waals surface area contributed by atoms with Crippen molar-refractivity contribution in [3.8, 4) is 62.1 Å². The van der Waals surface area contributed by atoms with Crippen LogP contribution in [0.2, 0.25) is 0 Å². The smallest absolute Gasteiger partial charge is 0.164 e. The van der Waals surface area contributed by atoms with Crippen LogP contribution in [0.1, 0.15) is 16.7 Å². The van der Waals surface area contributed by atoms with Crippen LogP contribution >= 0.6 is 0 Å². The molecule has 2 heterocycles. The first-order valence-corrected chi connectivity index (χ1v) is 19.4. The van der Waals surface area contributed by atoms with Gasteiger partial charge < -0.3 is 4.57 Å². The van der Waals surface area contributed by atoms with Crippen LogP contribution in [-0.2, 0) is 6.42 Å². The maximum absolute atomic E-state index is 5.02. The Kier molecular flexibility index (Phi) is 8.77. The molecule has 270 valence electrons. The fraction of sp³-hybridized carbons (Fsp3) is 0.0377. The third-order valence-corrected chi connectivity index (χ3v) is 10.9. The van der Waals surface area contributed by atoms with Crippen LogP contribution in [-0.4, -0.2) is 19.5 Å². The van der Waals surface area contributed by atoms with Gasteiger partial charge in [0.25, 0.3) is 0 Å². The van der Waals surface area contributed by atoms with E-state index >= 15 is 0 Å². The van der Waals surface area contributed by atoms with Gasteiger partial charge in [-0.15, -0.1) is 0 Å². The van der Waals surface area contributed by atoms with Gasteiger partial charge in [0, 0.05) is 33.2 Å². The van der Waals surface area contributed by atoms with Gasteiger partial charge in [-0.1, -0.05) is 164 Å². The summed E-state index contributed by atoms with van der Waals surface area (Å²) >= 11 is 0. The number of hydrogen-bond acceptors (Lipinski definition) is 3. The van der Waals surface area contributed by atoms with E-state index in [1.807, 2.05) is 60.7 Å². The Morgan fingerprint density at radius 1 is 0.386 bits per heavy atom. The summed E-state index contributed by atoms with van der Waals surface area (Å²) < 4.78 is 2.36. The maximum Gasteiger partial charge on any atom is 0.164 e. The van der Waals surface area contributed by atoms with Crippen molar-refractivity contribution in [2.75, 3.05) is 0 Å². The number of benzene rings is 8. The third kappa shape index (κ3) is 6.58. The molecule has 10 rings (SSSR count). The summed E-state index contributed by atoms with van der Waals surface area (Å²) in [5.74, 6) is 1.93. The lowest BCUT2D eigenvalue weighted by Gasteiger charge is -2.15. The van der Waals surface area contributed by atoms with Crippen LogP contribution in [0.4, 0.5) is 0 Å². The molecule has 0 radical (unpaired) electrons. The number of para-hydroxylation sites is 1. The van der Waals surface area contributed by atoms with Crippen LogP contribution in [0.5, 0.6) is 0 Å². The van der Waals surface area contributed by atoms with Crippen molar-refractivity contribution in [1.29, 1.82) is 0 Å². The summed E-state index contributed by atoms with van der Waals surface area (Å²) in [7, 11) is 0. The van der Waals surface area contributed by atoms with Crippen molar-refractivity contribution in [1.82, 2.24) is 19.5 Å². The molecule has 4 nitrogen and oxygen atoms in total. The maximum atomic E-state index is 5.02. The molecule has 4 heteroatoms. The molecule has 10 aromatic rings. The highest BCUT2D eigenvalue weighted by atomic mass is 15.0. The van der Waals surface area contributed by atoms with Gasteiger partial charge in [-0.2, -0.15) is 0 Å².